The van der Waals surface area contributed by atoms with E-state index >= 15 is 0 Å². The molecule has 2 atom stereocenters. The predicted octanol–water partition coefficient (Wildman–Crippen LogP) is 2.49. The van der Waals surface area contributed by atoms with Crippen LogP contribution < -0.4 is 20.9 Å². The van der Waals surface area contributed by atoms with Crippen LogP contribution in [0, 0.1) is 19.8 Å². The standard InChI is InChI=1S/C23H29N3O4/c1-15-3-4-16(2)19(11-15)14-30-20-7-5-17(6-8-20)23(28)25-21-13-24-10-9-18(21)12-22(27)26-29/h3-8,11,18,21,24,29H,9-10,12-14H2,1-2H3,(H,25,28)(H,26,27)/t18-,21+/m0/s1. The first kappa shape index (κ1) is 21.8. The fraction of sp³-hybridized carbons (Fsp3) is 0.391. The SMILES string of the molecule is Cc1ccc(C)c(COc2ccc(C(=O)N[C@@H]3CNCC[C@H]3CC(=O)NO)cc2)c1. The number of aryl methyl sites for hydroxylation is 2. The molecule has 1 aliphatic heterocycles. The van der Waals surface area contributed by atoms with E-state index in [4.69, 9.17) is 9.94 Å². The molecule has 0 unspecified atom stereocenters. The molecule has 0 radical (unpaired) electrons. The summed E-state index contributed by atoms with van der Waals surface area (Å²) in [5.74, 6) is 0.0393. The van der Waals surface area contributed by atoms with E-state index in [1.54, 1.807) is 29.7 Å². The molecule has 160 valence electrons. The molecule has 0 bridgehead atoms. The zero-order valence-corrected chi connectivity index (χ0v) is 17.4. The summed E-state index contributed by atoms with van der Waals surface area (Å²) in [5, 5.41) is 15.0. The molecule has 1 aliphatic rings. The van der Waals surface area contributed by atoms with Gasteiger partial charge in [-0.25, -0.2) is 5.48 Å². The molecule has 0 aromatic heterocycles. The Morgan fingerprint density at radius 3 is 2.67 bits per heavy atom. The second kappa shape index (κ2) is 10.2. The van der Waals surface area contributed by atoms with Crippen LogP contribution in [0.4, 0.5) is 0 Å². The van der Waals surface area contributed by atoms with E-state index in [-0.39, 0.29) is 24.3 Å². The van der Waals surface area contributed by atoms with Crippen LogP contribution in [0.2, 0.25) is 0 Å². The molecular formula is C23H29N3O4. The first-order valence-corrected chi connectivity index (χ1v) is 10.2. The minimum Gasteiger partial charge on any atom is -0.489 e. The molecule has 7 nitrogen and oxygen atoms in total. The highest BCUT2D eigenvalue weighted by atomic mass is 16.5. The van der Waals surface area contributed by atoms with E-state index in [0.29, 0.717) is 24.5 Å². The van der Waals surface area contributed by atoms with Gasteiger partial charge >= 0.3 is 0 Å². The molecule has 1 heterocycles. The van der Waals surface area contributed by atoms with Crippen molar-refractivity contribution < 1.29 is 19.5 Å². The van der Waals surface area contributed by atoms with Crippen LogP contribution in [0.5, 0.6) is 5.75 Å². The number of carbonyl (C=O) groups is 2. The summed E-state index contributed by atoms with van der Waals surface area (Å²) >= 11 is 0. The van der Waals surface area contributed by atoms with Gasteiger partial charge in [-0.1, -0.05) is 23.8 Å². The normalized spacial score (nSPS) is 18.5. The van der Waals surface area contributed by atoms with Crippen molar-refractivity contribution in [1.82, 2.24) is 16.1 Å². The van der Waals surface area contributed by atoms with Crippen molar-refractivity contribution in [2.45, 2.75) is 39.3 Å². The lowest BCUT2D eigenvalue weighted by Crippen LogP contribution is -2.52. The smallest absolute Gasteiger partial charge is 0.251 e. The van der Waals surface area contributed by atoms with Crippen molar-refractivity contribution in [3.63, 3.8) is 0 Å². The lowest BCUT2D eigenvalue weighted by atomic mass is 9.89. The first-order valence-electron chi connectivity index (χ1n) is 10.2. The quantitative estimate of drug-likeness (QED) is 0.414. The van der Waals surface area contributed by atoms with Gasteiger partial charge in [0, 0.05) is 24.6 Å². The van der Waals surface area contributed by atoms with Crippen molar-refractivity contribution in [2.75, 3.05) is 13.1 Å². The van der Waals surface area contributed by atoms with E-state index in [1.807, 2.05) is 0 Å². The Hall–Kier alpha value is -2.90. The Morgan fingerprint density at radius 1 is 1.17 bits per heavy atom. The van der Waals surface area contributed by atoms with Gasteiger partial charge in [-0.15, -0.1) is 0 Å². The average molecular weight is 412 g/mol. The van der Waals surface area contributed by atoms with Crippen molar-refractivity contribution in [1.29, 1.82) is 0 Å². The van der Waals surface area contributed by atoms with Gasteiger partial charge < -0.3 is 15.4 Å². The maximum atomic E-state index is 12.7. The molecule has 7 heteroatoms. The predicted molar refractivity (Wildman–Crippen MR) is 113 cm³/mol. The summed E-state index contributed by atoms with van der Waals surface area (Å²) in [5.41, 5.74) is 5.71. The fourth-order valence-electron chi connectivity index (χ4n) is 3.68. The van der Waals surface area contributed by atoms with Gasteiger partial charge in [-0.3, -0.25) is 14.8 Å². The third-order valence-corrected chi connectivity index (χ3v) is 5.53. The second-order valence-corrected chi connectivity index (χ2v) is 7.81. The van der Waals surface area contributed by atoms with E-state index in [0.717, 1.165) is 18.5 Å². The summed E-state index contributed by atoms with van der Waals surface area (Å²) in [6.45, 7) is 5.96. The van der Waals surface area contributed by atoms with Gasteiger partial charge in [0.05, 0.1) is 0 Å². The van der Waals surface area contributed by atoms with Gasteiger partial charge in [-0.2, -0.15) is 0 Å². The largest absolute Gasteiger partial charge is 0.489 e. The number of rotatable bonds is 7. The highest BCUT2D eigenvalue weighted by Crippen LogP contribution is 2.19. The minimum absolute atomic E-state index is 0.0254. The Bertz CT molecular complexity index is 883. The first-order chi connectivity index (χ1) is 14.5. The molecule has 0 saturated carbocycles. The van der Waals surface area contributed by atoms with Crippen LogP contribution in [0.25, 0.3) is 0 Å². The Morgan fingerprint density at radius 2 is 1.93 bits per heavy atom. The van der Waals surface area contributed by atoms with E-state index in [9.17, 15) is 9.59 Å². The van der Waals surface area contributed by atoms with Crippen LogP contribution in [-0.2, 0) is 11.4 Å². The number of carbonyl (C=O) groups excluding carboxylic acids is 2. The lowest BCUT2D eigenvalue weighted by Gasteiger charge is -2.32. The number of hydrogen-bond donors (Lipinski definition) is 4. The molecule has 1 fully saturated rings. The van der Waals surface area contributed by atoms with Crippen LogP contribution in [0.1, 0.15) is 39.9 Å². The molecule has 1 saturated heterocycles. The van der Waals surface area contributed by atoms with Crippen LogP contribution >= 0.6 is 0 Å². The van der Waals surface area contributed by atoms with E-state index in [2.05, 4.69) is 42.7 Å². The molecule has 3 rings (SSSR count). The van der Waals surface area contributed by atoms with Crippen LogP contribution in [0.3, 0.4) is 0 Å². The fourth-order valence-corrected chi connectivity index (χ4v) is 3.68. The number of amides is 2. The van der Waals surface area contributed by atoms with Gasteiger partial charge in [0.1, 0.15) is 12.4 Å². The third-order valence-electron chi connectivity index (χ3n) is 5.53. The number of hydroxylamine groups is 1. The summed E-state index contributed by atoms with van der Waals surface area (Å²) in [6.07, 6.45) is 0.928. The van der Waals surface area contributed by atoms with Crippen LogP contribution in [-0.4, -0.2) is 36.2 Å². The molecule has 2 aromatic carbocycles. The van der Waals surface area contributed by atoms with Crippen molar-refractivity contribution in [2.24, 2.45) is 5.92 Å². The number of ether oxygens (including phenoxy) is 1. The van der Waals surface area contributed by atoms with E-state index in [1.165, 1.54) is 11.1 Å². The summed E-state index contributed by atoms with van der Waals surface area (Å²) in [6, 6.07) is 13.1. The number of hydrogen-bond acceptors (Lipinski definition) is 5. The topological polar surface area (TPSA) is 99.7 Å². The van der Waals surface area contributed by atoms with Crippen LogP contribution in [0.15, 0.2) is 42.5 Å². The number of nitrogens with one attached hydrogen (secondary N) is 3. The van der Waals surface area contributed by atoms with E-state index < -0.39 is 5.91 Å². The van der Waals surface area contributed by atoms with Crippen molar-refractivity contribution >= 4 is 11.8 Å². The second-order valence-electron chi connectivity index (χ2n) is 7.81. The van der Waals surface area contributed by atoms with Crippen molar-refractivity contribution in [3.05, 3.63) is 64.7 Å². The highest BCUT2D eigenvalue weighted by molar-refractivity contribution is 5.94. The minimum atomic E-state index is -0.438. The Labute approximate surface area is 176 Å². The zero-order valence-electron chi connectivity index (χ0n) is 17.4. The summed E-state index contributed by atoms with van der Waals surface area (Å²) in [4.78, 5) is 24.2. The average Bonchev–Trinajstić information content (AvgIpc) is 2.76. The maximum Gasteiger partial charge on any atom is 0.251 e. The van der Waals surface area contributed by atoms with Gasteiger partial charge in [0.25, 0.3) is 5.91 Å². The molecule has 0 aliphatic carbocycles. The lowest BCUT2D eigenvalue weighted by molar-refractivity contribution is -0.130. The molecule has 4 N–H and O–H groups in total. The molecular weight excluding hydrogens is 382 g/mol. The third kappa shape index (κ3) is 5.81. The van der Waals surface area contributed by atoms with Gasteiger partial charge in [0.2, 0.25) is 5.91 Å². The molecule has 30 heavy (non-hydrogen) atoms. The highest BCUT2D eigenvalue weighted by Gasteiger charge is 2.28. The molecule has 0 spiro atoms. The maximum absolute atomic E-state index is 12.7. The summed E-state index contributed by atoms with van der Waals surface area (Å²) in [7, 11) is 0. The number of piperidine rings is 1. The Balaban J connectivity index is 1.57. The van der Waals surface area contributed by atoms with Crippen molar-refractivity contribution in [3.8, 4) is 5.75 Å². The molecule has 2 amide bonds. The summed E-state index contributed by atoms with van der Waals surface area (Å²) < 4.78 is 5.88. The molecule has 2 aromatic rings. The number of benzene rings is 2. The Kier molecular flexibility index (Phi) is 7.43. The van der Waals surface area contributed by atoms with Gasteiger partial charge in [0.15, 0.2) is 0 Å². The monoisotopic (exact) mass is 411 g/mol. The zero-order chi connectivity index (χ0) is 21.5. The van der Waals surface area contributed by atoms with Gasteiger partial charge in [-0.05, 0) is 68.1 Å².